The first-order valence-corrected chi connectivity index (χ1v) is 4.68. The average molecular weight is 211 g/mol. The Morgan fingerprint density at radius 3 is 2.79 bits per heavy atom. The van der Waals surface area contributed by atoms with Gasteiger partial charge in [-0.05, 0) is 24.1 Å². The molecule has 0 bridgehead atoms. The van der Waals surface area contributed by atoms with Gasteiger partial charge in [-0.3, -0.25) is 4.79 Å². The van der Waals surface area contributed by atoms with Crippen LogP contribution in [0.15, 0.2) is 18.2 Å². The van der Waals surface area contributed by atoms with Gasteiger partial charge in [-0.2, -0.15) is 0 Å². The van der Waals surface area contributed by atoms with E-state index in [-0.39, 0.29) is 5.24 Å². The van der Waals surface area contributed by atoms with Crippen molar-refractivity contribution in [1.29, 1.82) is 0 Å². The van der Waals surface area contributed by atoms with Gasteiger partial charge in [0.15, 0.2) is 0 Å². The summed E-state index contributed by atoms with van der Waals surface area (Å²) in [6, 6.07) is 5.77. The monoisotopic (exact) mass is 211 g/mol. The molecule has 0 radical (unpaired) electrons. The minimum absolute atomic E-state index is 0.321. The van der Waals surface area contributed by atoms with E-state index >= 15 is 0 Å². The third-order valence-corrected chi connectivity index (χ3v) is 2.06. The molecule has 0 unspecified atom stereocenters. The van der Waals surface area contributed by atoms with Gasteiger partial charge < -0.3 is 10.1 Å². The van der Waals surface area contributed by atoms with E-state index in [1.165, 1.54) is 0 Å². The number of benzene rings is 1. The van der Waals surface area contributed by atoms with Crippen molar-refractivity contribution < 1.29 is 9.53 Å². The molecular formula is C10H13NO2S. The molecule has 0 aliphatic carbocycles. The summed E-state index contributed by atoms with van der Waals surface area (Å²) < 4.78 is 5.12. The van der Waals surface area contributed by atoms with Crippen molar-refractivity contribution in [1.82, 2.24) is 5.32 Å². The van der Waals surface area contributed by atoms with Crippen molar-refractivity contribution in [2.75, 3.05) is 7.11 Å². The summed E-state index contributed by atoms with van der Waals surface area (Å²) in [6.07, 6.45) is 0. The maximum absolute atomic E-state index is 10.6. The molecule has 0 saturated heterocycles. The molecule has 14 heavy (non-hydrogen) atoms. The zero-order valence-electron chi connectivity index (χ0n) is 8.20. The number of amides is 1. The number of thiol groups is 1. The average Bonchev–Trinajstić information content (AvgIpc) is 2.15. The van der Waals surface area contributed by atoms with Crippen LogP contribution >= 0.6 is 12.6 Å². The van der Waals surface area contributed by atoms with Crippen molar-refractivity contribution in [2.24, 2.45) is 0 Å². The summed E-state index contributed by atoms with van der Waals surface area (Å²) >= 11 is 3.62. The smallest absolute Gasteiger partial charge is 0.276 e. The molecule has 1 N–H and O–H groups in total. The second-order valence-corrected chi connectivity index (χ2v) is 3.37. The Labute approximate surface area is 88.9 Å². The van der Waals surface area contributed by atoms with Crippen LogP contribution in [-0.4, -0.2) is 12.3 Å². The van der Waals surface area contributed by atoms with Gasteiger partial charge in [0.2, 0.25) is 0 Å². The van der Waals surface area contributed by atoms with Gasteiger partial charge in [-0.15, -0.1) is 0 Å². The van der Waals surface area contributed by atoms with E-state index in [0.29, 0.717) is 6.54 Å². The van der Waals surface area contributed by atoms with Gasteiger partial charge in [-0.25, -0.2) is 0 Å². The Bertz CT molecular complexity index is 339. The molecule has 1 rings (SSSR count). The highest BCUT2D eigenvalue weighted by Gasteiger charge is 2.00. The lowest BCUT2D eigenvalue weighted by atomic mass is 10.1. The molecule has 0 saturated carbocycles. The highest BCUT2D eigenvalue weighted by Crippen LogP contribution is 2.18. The fraction of sp³-hybridized carbons (Fsp3) is 0.300. The third-order valence-electron chi connectivity index (χ3n) is 1.90. The van der Waals surface area contributed by atoms with E-state index in [2.05, 4.69) is 17.9 Å². The molecule has 1 aromatic rings. The number of nitrogens with one attached hydrogen (secondary N) is 1. The van der Waals surface area contributed by atoms with Crippen molar-refractivity contribution in [3.63, 3.8) is 0 Å². The number of carbonyl (C=O) groups is 1. The first-order valence-electron chi connectivity index (χ1n) is 4.24. The normalized spacial score (nSPS) is 9.64. The predicted octanol–water partition coefficient (Wildman–Crippen LogP) is 2.14. The largest absolute Gasteiger partial charge is 0.496 e. The summed E-state index contributed by atoms with van der Waals surface area (Å²) in [6.45, 7) is 2.46. The quantitative estimate of drug-likeness (QED) is 0.752. The lowest BCUT2D eigenvalue weighted by Gasteiger charge is -2.07. The Hall–Kier alpha value is -1.16. The van der Waals surface area contributed by atoms with E-state index in [4.69, 9.17) is 4.74 Å². The van der Waals surface area contributed by atoms with Gasteiger partial charge >= 0.3 is 0 Å². The van der Waals surface area contributed by atoms with Gasteiger partial charge in [0.1, 0.15) is 5.75 Å². The highest BCUT2D eigenvalue weighted by atomic mass is 32.1. The topological polar surface area (TPSA) is 38.3 Å². The number of aryl methyl sites for hydroxylation is 1. The predicted molar refractivity (Wildman–Crippen MR) is 59.0 cm³/mol. The molecule has 0 heterocycles. The SMILES string of the molecule is COc1ccc(CNC(=O)S)cc1C. The van der Waals surface area contributed by atoms with E-state index in [9.17, 15) is 4.79 Å². The minimum Gasteiger partial charge on any atom is -0.496 e. The fourth-order valence-electron chi connectivity index (χ4n) is 1.23. The molecule has 4 heteroatoms. The zero-order valence-corrected chi connectivity index (χ0v) is 9.10. The first-order chi connectivity index (χ1) is 6.63. The zero-order chi connectivity index (χ0) is 10.6. The van der Waals surface area contributed by atoms with Gasteiger partial charge in [0, 0.05) is 6.54 Å². The first kappa shape index (κ1) is 10.9. The molecular weight excluding hydrogens is 198 g/mol. The van der Waals surface area contributed by atoms with E-state index < -0.39 is 0 Å². The Balaban J connectivity index is 2.71. The number of hydrogen-bond donors (Lipinski definition) is 2. The number of methoxy groups -OCH3 is 1. The lowest BCUT2D eigenvalue weighted by Crippen LogP contribution is -2.15. The molecule has 0 aromatic heterocycles. The maximum Gasteiger partial charge on any atom is 0.276 e. The maximum atomic E-state index is 10.6. The van der Waals surface area contributed by atoms with Gasteiger partial charge in [0.05, 0.1) is 7.11 Å². The van der Waals surface area contributed by atoms with Crippen LogP contribution in [0.4, 0.5) is 4.79 Å². The molecule has 1 amide bonds. The molecule has 1 aromatic carbocycles. The van der Waals surface area contributed by atoms with Crippen molar-refractivity contribution in [3.05, 3.63) is 29.3 Å². The van der Waals surface area contributed by atoms with Crippen LogP contribution < -0.4 is 10.1 Å². The number of carbonyl (C=O) groups excluding carboxylic acids is 1. The van der Waals surface area contributed by atoms with E-state index in [1.807, 2.05) is 25.1 Å². The lowest BCUT2D eigenvalue weighted by molar-refractivity contribution is 0.260. The van der Waals surface area contributed by atoms with Crippen LogP contribution in [0.3, 0.4) is 0 Å². The molecule has 3 nitrogen and oxygen atoms in total. The van der Waals surface area contributed by atoms with E-state index in [1.54, 1.807) is 7.11 Å². The molecule has 0 aliphatic rings. The summed E-state index contributed by atoms with van der Waals surface area (Å²) in [5.74, 6) is 0.853. The molecule has 0 fully saturated rings. The summed E-state index contributed by atoms with van der Waals surface area (Å²) in [5.41, 5.74) is 2.09. The van der Waals surface area contributed by atoms with Crippen molar-refractivity contribution in [3.8, 4) is 5.75 Å². The third kappa shape index (κ3) is 2.96. The molecule has 0 spiro atoms. The molecule has 76 valence electrons. The molecule has 0 aliphatic heterocycles. The summed E-state index contributed by atoms with van der Waals surface area (Å²) in [4.78, 5) is 10.6. The Kier molecular flexibility index (Phi) is 3.83. The van der Waals surface area contributed by atoms with Gasteiger partial charge in [-0.1, -0.05) is 24.8 Å². The van der Waals surface area contributed by atoms with Crippen molar-refractivity contribution >= 4 is 17.9 Å². The summed E-state index contributed by atoms with van der Waals surface area (Å²) in [7, 11) is 1.64. The number of ether oxygens (including phenoxy) is 1. The molecule has 0 atom stereocenters. The van der Waals surface area contributed by atoms with Crippen molar-refractivity contribution in [2.45, 2.75) is 13.5 Å². The van der Waals surface area contributed by atoms with Crippen LogP contribution in [0.25, 0.3) is 0 Å². The number of rotatable bonds is 3. The minimum atomic E-state index is -0.321. The van der Waals surface area contributed by atoms with Gasteiger partial charge in [0.25, 0.3) is 5.24 Å². The number of hydrogen-bond acceptors (Lipinski definition) is 2. The Morgan fingerprint density at radius 1 is 1.57 bits per heavy atom. The summed E-state index contributed by atoms with van der Waals surface area (Å²) in [5, 5.41) is 2.29. The highest BCUT2D eigenvalue weighted by molar-refractivity contribution is 7.96. The Morgan fingerprint density at radius 2 is 2.29 bits per heavy atom. The van der Waals surface area contributed by atoms with Crippen LogP contribution in [0, 0.1) is 6.92 Å². The van der Waals surface area contributed by atoms with Crippen LogP contribution in [-0.2, 0) is 6.54 Å². The van der Waals surface area contributed by atoms with Crippen LogP contribution in [0.5, 0.6) is 5.75 Å². The fourth-order valence-corrected chi connectivity index (χ4v) is 1.31. The second kappa shape index (κ2) is 4.91. The van der Waals surface area contributed by atoms with Crippen LogP contribution in [0.1, 0.15) is 11.1 Å². The van der Waals surface area contributed by atoms with E-state index in [0.717, 1.165) is 16.9 Å². The van der Waals surface area contributed by atoms with Crippen LogP contribution in [0.2, 0.25) is 0 Å². The second-order valence-electron chi connectivity index (χ2n) is 2.96. The standard InChI is InChI=1S/C10H13NO2S/c1-7-5-8(6-11-10(12)14)3-4-9(7)13-2/h3-5H,6H2,1-2H3,(H2,11,12,14).